The standard InChI is InChI=1S/C21H23Cl2N3O5/c1-10-16(14(9-27)24-26(10)3)18-13(23)8-12(22)17-11(6-7-15(28)30-4)19(21(29)31-5)25(2)20(17)18/h8,27H,6-7,9H2,1-5H3. The molecule has 1 aromatic carbocycles. The third-order valence-corrected chi connectivity index (χ3v) is 6.05. The van der Waals surface area contributed by atoms with Crippen LogP contribution in [-0.4, -0.2) is 45.6 Å². The fourth-order valence-corrected chi connectivity index (χ4v) is 4.60. The van der Waals surface area contributed by atoms with E-state index in [0.29, 0.717) is 43.3 Å². The summed E-state index contributed by atoms with van der Waals surface area (Å²) in [5.74, 6) is -0.981. The Morgan fingerprint density at radius 1 is 1.13 bits per heavy atom. The number of rotatable bonds is 6. The van der Waals surface area contributed by atoms with Crippen molar-refractivity contribution < 1.29 is 24.2 Å². The molecule has 0 saturated carbocycles. The number of fused-ring (bicyclic) bond motifs is 1. The van der Waals surface area contributed by atoms with Crippen molar-refractivity contribution in [2.75, 3.05) is 14.2 Å². The number of carbonyl (C=O) groups excluding carboxylic acids is 2. The molecule has 31 heavy (non-hydrogen) atoms. The highest BCUT2D eigenvalue weighted by molar-refractivity contribution is 6.41. The molecule has 2 aromatic heterocycles. The van der Waals surface area contributed by atoms with Crippen LogP contribution in [0.5, 0.6) is 0 Å². The number of ether oxygens (including phenoxy) is 2. The number of aromatic nitrogens is 3. The van der Waals surface area contributed by atoms with Crippen LogP contribution in [0.4, 0.5) is 0 Å². The number of aliphatic hydroxyl groups is 1. The van der Waals surface area contributed by atoms with E-state index in [1.807, 2.05) is 6.92 Å². The Morgan fingerprint density at radius 3 is 2.39 bits per heavy atom. The molecule has 8 nitrogen and oxygen atoms in total. The van der Waals surface area contributed by atoms with Crippen LogP contribution in [0.3, 0.4) is 0 Å². The number of nitrogens with zero attached hydrogens (tertiary/aromatic N) is 3. The van der Waals surface area contributed by atoms with Crippen LogP contribution >= 0.6 is 23.2 Å². The SMILES string of the molecule is COC(=O)CCc1c(C(=O)OC)n(C)c2c(-c3c(CO)nn(C)c3C)c(Cl)cc(Cl)c12. The molecular formula is C21H23Cl2N3O5. The number of carbonyl (C=O) groups is 2. The predicted molar refractivity (Wildman–Crippen MR) is 117 cm³/mol. The van der Waals surface area contributed by atoms with E-state index in [0.717, 1.165) is 5.69 Å². The summed E-state index contributed by atoms with van der Waals surface area (Å²) in [4.78, 5) is 24.5. The topological polar surface area (TPSA) is 95.6 Å². The Morgan fingerprint density at radius 2 is 1.81 bits per heavy atom. The smallest absolute Gasteiger partial charge is 0.354 e. The first-order valence-electron chi connectivity index (χ1n) is 9.45. The number of aryl methyl sites for hydroxylation is 3. The number of aliphatic hydroxyl groups excluding tert-OH is 1. The van der Waals surface area contributed by atoms with Crippen molar-refractivity contribution in [2.24, 2.45) is 14.1 Å². The van der Waals surface area contributed by atoms with Crippen molar-refractivity contribution in [3.05, 3.63) is 38.8 Å². The minimum absolute atomic E-state index is 0.0572. The van der Waals surface area contributed by atoms with Gasteiger partial charge in [0.2, 0.25) is 0 Å². The lowest BCUT2D eigenvalue weighted by molar-refractivity contribution is -0.140. The first kappa shape index (κ1) is 23.1. The fraction of sp³-hybridized carbons (Fsp3) is 0.381. The summed E-state index contributed by atoms with van der Waals surface area (Å²) in [6.07, 6.45) is 0.274. The molecule has 0 amide bonds. The summed E-state index contributed by atoms with van der Waals surface area (Å²) in [5, 5.41) is 15.5. The molecule has 0 spiro atoms. The molecule has 0 fully saturated rings. The van der Waals surface area contributed by atoms with Gasteiger partial charge in [-0.2, -0.15) is 5.10 Å². The molecule has 0 atom stereocenters. The van der Waals surface area contributed by atoms with Crippen LogP contribution in [0.15, 0.2) is 6.07 Å². The summed E-state index contributed by atoms with van der Waals surface area (Å²) in [5.41, 5.74) is 3.89. The number of hydrogen-bond acceptors (Lipinski definition) is 6. The van der Waals surface area contributed by atoms with Gasteiger partial charge in [-0.3, -0.25) is 9.48 Å². The van der Waals surface area contributed by atoms with Gasteiger partial charge in [0.1, 0.15) is 5.69 Å². The molecule has 3 rings (SSSR count). The first-order valence-corrected chi connectivity index (χ1v) is 10.2. The zero-order valence-corrected chi connectivity index (χ0v) is 19.4. The number of halogens is 2. The average Bonchev–Trinajstić information content (AvgIpc) is 3.20. The Kier molecular flexibility index (Phi) is 6.64. The summed E-state index contributed by atoms with van der Waals surface area (Å²) < 4.78 is 13.1. The highest BCUT2D eigenvalue weighted by Gasteiger charge is 2.29. The molecule has 10 heteroatoms. The van der Waals surface area contributed by atoms with E-state index in [-0.39, 0.29) is 25.1 Å². The molecule has 166 valence electrons. The third-order valence-electron chi connectivity index (χ3n) is 5.45. The predicted octanol–water partition coefficient (Wildman–Crippen LogP) is 3.58. The van der Waals surface area contributed by atoms with E-state index < -0.39 is 11.9 Å². The minimum atomic E-state index is -0.568. The van der Waals surface area contributed by atoms with Crippen LogP contribution in [0, 0.1) is 6.92 Å². The number of esters is 2. The maximum atomic E-state index is 12.7. The van der Waals surface area contributed by atoms with Crippen molar-refractivity contribution in [1.29, 1.82) is 0 Å². The summed E-state index contributed by atoms with van der Waals surface area (Å²) in [7, 11) is 6.07. The Hall–Kier alpha value is -2.55. The molecule has 0 radical (unpaired) electrons. The van der Waals surface area contributed by atoms with Crippen molar-refractivity contribution in [3.63, 3.8) is 0 Å². The molecule has 0 aliphatic carbocycles. The van der Waals surface area contributed by atoms with Gasteiger partial charge in [0.25, 0.3) is 0 Å². The number of methoxy groups -OCH3 is 2. The maximum absolute atomic E-state index is 12.7. The molecule has 1 N–H and O–H groups in total. The molecular weight excluding hydrogens is 445 g/mol. The molecule has 0 aliphatic rings. The average molecular weight is 468 g/mol. The maximum Gasteiger partial charge on any atom is 0.354 e. The second kappa shape index (κ2) is 8.90. The summed E-state index contributed by atoms with van der Waals surface area (Å²) in [6, 6.07) is 1.59. The summed E-state index contributed by atoms with van der Waals surface area (Å²) >= 11 is 13.2. The normalized spacial score (nSPS) is 11.2. The third kappa shape index (κ3) is 3.79. The van der Waals surface area contributed by atoms with Gasteiger partial charge < -0.3 is 19.1 Å². The van der Waals surface area contributed by atoms with Crippen LogP contribution in [0.2, 0.25) is 10.0 Å². The Labute approximate surface area is 189 Å². The lowest BCUT2D eigenvalue weighted by Gasteiger charge is -2.12. The van der Waals surface area contributed by atoms with E-state index in [1.165, 1.54) is 14.2 Å². The van der Waals surface area contributed by atoms with E-state index in [9.17, 15) is 14.7 Å². The Bertz CT molecular complexity index is 1200. The fourth-order valence-electron chi connectivity index (χ4n) is 3.94. The molecule has 0 bridgehead atoms. The highest BCUT2D eigenvalue weighted by Crippen LogP contribution is 2.45. The zero-order chi connectivity index (χ0) is 23.0. The van der Waals surface area contributed by atoms with Crippen LogP contribution in [0.1, 0.15) is 33.9 Å². The van der Waals surface area contributed by atoms with Gasteiger partial charge in [0, 0.05) is 42.7 Å². The molecule has 0 saturated heterocycles. The molecule has 0 unspecified atom stereocenters. The highest BCUT2D eigenvalue weighted by atomic mass is 35.5. The van der Waals surface area contributed by atoms with Gasteiger partial charge in [-0.05, 0) is 25.0 Å². The van der Waals surface area contributed by atoms with Gasteiger partial charge in [-0.15, -0.1) is 0 Å². The second-order valence-corrected chi connectivity index (χ2v) is 7.90. The lowest BCUT2D eigenvalue weighted by Crippen LogP contribution is -2.11. The van der Waals surface area contributed by atoms with Crippen LogP contribution < -0.4 is 0 Å². The van der Waals surface area contributed by atoms with E-state index >= 15 is 0 Å². The Balaban J connectivity index is 2.46. The van der Waals surface area contributed by atoms with Gasteiger partial charge in [0.15, 0.2) is 0 Å². The molecule has 3 aromatic rings. The van der Waals surface area contributed by atoms with Gasteiger partial charge in [0.05, 0.1) is 42.1 Å². The zero-order valence-electron chi connectivity index (χ0n) is 17.9. The van der Waals surface area contributed by atoms with Crippen molar-refractivity contribution in [1.82, 2.24) is 14.3 Å². The van der Waals surface area contributed by atoms with E-state index in [1.54, 1.807) is 29.4 Å². The number of hydrogen-bond donors (Lipinski definition) is 1. The van der Waals surface area contributed by atoms with Crippen molar-refractivity contribution in [2.45, 2.75) is 26.4 Å². The largest absolute Gasteiger partial charge is 0.469 e. The van der Waals surface area contributed by atoms with Crippen molar-refractivity contribution in [3.8, 4) is 11.1 Å². The second-order valence-electron chi connectivity index (χ2n) is 7.08. The van der Waals surface area contributed by atoms with E-state index in [2.05, 4.69) is 5.10 Å². The molecule has 2 heterocycles. The lowest BCUT2D eigenvalue weighted by atomic mass is 9.98. The van der Waals surface area contributed by atoms with Gasteiger partial charge in [-0.1, -0.05) is 23.2 Å². The minimum Gasteiger partial charge on any atom is -0.469 e. The van der Waals surface area contributed by atoms with Crippen LogP contribution in [0.25, 0.3) is 22.0 Å². The monoisotopic (exact) mass is 467 g/mol. The number of benzene rings is 1. The van der Waals surface area contributed by atoms with Crippen LogP contribution in [-0.2, 0) is 41.4 Å². The van der Waals surface area contributed by atoms with Gasteiger partial charge in [-0.25, -0.2) is 4.79 Å². The summed E-state index contributed by atoms with van der Waals surface area (Å²) in [6.45, 7) is 1.57. The molecule has 0 aliphatic heterocycles. The van der Waals surface area contributed by atoms with Gasteiger partial charge >= 0.3 is 11.9 Å². The van der Waals surface area contributed by atoms with Crippen molar-refractivity contribution >= 4 is 46.0 Å². The first-order chi connectivity index (χ1) is 14.7. The van der Waals surface area contributed by atoms with E-state index in [4.69, 9.17) is 32.7 Å². The quantitative estimate of drug-likeness (QED) is 0.556.